The zero-order valence-corrected chi connectivity index (χ0v) is 18.8. The van der Waals surface area contributed by atoms with Crippen LogP contribution < -0.4 is 9.47 Å². The Hall–Kier alpha value is -3.36. The number of aryl methyl sites for hydroxylation is 1. The van der Waals surface area contributed by atoms with Gasteiger partial charge in [-0.05, 0) is 25.1 Å². The Morgan fingerprint density at radius 2 is 1.75 bits per heavy atom. The minimum absolute atomic E-state index is 0.181. The number of hydrogen-bond donors (Lipinski definition) is 1. The number of ether oxygens (including phenoxy) is 4. The molecular formula is C24H27N3O5. The number of benzene rings is 2. The fraction of sp³-hybridized carbons (Fsp3) is 0.333. The van der Waals surface area contributed by atoms with E-state index in [1.54, 1.807) is 33.3 Å². The van der Waals surface area contributed by atoms with Gasteiger partial charge in [-0.25, -0.2) is 0 Å². The van der Waals surface area contributed by atoms with E-state index in [-0.39, 0.29) is 12.5 Å². The summed E-state index contributed by atoms with van der Waals surface area (Å²) in [7, 11) is 6.32. The number of fused-ring (bicyclic) bond motifs is 1. The Morgan fingerprint density at radius 3 is 2.38 bits per heavy atom. The molecule has 1 aliphatic rings. The molecule has 1 unspecified atom stereocenters. The molecule has 1 amide bonds. The van der Waals surface area contributed by atoms with Gasteiger partial charge in [0.25, 0.3) is 5.91 Å². The highest BCUT2D eigenvalue weighted by molar-refractivity contribution is 6.00. The van der Waals surface area contributed by atoms with E-state index >= 15 is 0 Å². The van der Waals surface area contributed by atoms with Crippen LogP contribution in [-0.2, 0) is 9.47 Å². The van der Waals surface area contributed by atoms with Gasteiger partial charge in [-0.3, -0.25) is 9.89 Å². The number of aromatic amines is 1. The normalized spacial score (nSPS) is 15.4. The van der Waals surface area contributed by atoms with Crippen LogP contribution in [0.4, 0.5) is 0 Å². The van der Waals surface area contributed by atoms with Crippen LogP contribution in [0.5, 0.6) is 11.5 Å². The molecule has 8 heteroatoms. The van der Waals surface area contributed by atoms with E-state index in [9.17, 15) is 4.79 Å². The summed E-state index contributed by atoms with van der Waals surface area (Å²) in [6, 6.07) is 13.1. The van der Waals surface area contributed by atoms with Crippen molar-refractivity contribution in [3.63, 3.8) is 0 Å². The molecule has 3 aromatic rings. The predicted molar refractivity (Wildman–Crippen MR) is 119 cm³/mol. The summed E-state index contributed by atoms with van der Waals surface area (Å²) in [6.07, 6.45) is -0.585. The number of carbonyl (C=O) groups is 1. The van der Waals surface area contributed by atoms with Crippen LogP contribution in [0.25, 0.3) is 11.3 Å². The topological polar surface area (TPSA) is 85.9 Å². The van der Waals surface area contributed by atoms with Gasteiger partial charge in [0.2, 0.25) is 0 Å². The number of carbonyl (C=O) groups excluding carboxylic acids is 1. The second-order valence-electron chi connectivity index (χ2n) is 7.60. The van der Waals surface area contributed by atoms with Crippen molar-refractivity contribution in [1.82, 2.24) is 15.1 Å². The van der Waals surface area contributed by atoms with Crippen molar-refractivity contribution in [2.24, 2.45) is 0 Å². The molecular weight excluding hydrogens is 410 g/mol. The number of amides is 1. The molecule has 8 nitrogen and oxygen atoms in total. The predicted octanol–water partition coefficient (Wildman–Crippen LogP) is 3.57. The molecule has 0 saturated heterocycles. The molecule has 1 aromatic heterocycles. The Bertz CT molecular complexity index is 1110. The van der Waals surface area contributed by atoms with E-state index in [0.29, 0.717) is 17.2 Å². The van der Waals surface area contributed by atoms with Crippen molar-refractivity contribution in [1.29, 1.82) is 0 Å². The van der Waals surface area contributed by atoms with Crippen molar-refractivity contribution in [3.05, 3.63) is 64.8 Å². The molecule has 1 N–H and O–H groups in total. The monoisotopic (exact) mass is 437 g/mol. The minimum Gasteiger partial charge on any atom is -0.497 e. The number of H-pyrrole nitrogens is 1. The SMILES string of the molecule is COc1ccc(OC)c(C2c3c(-c4ccc(C)cc4)n[nH]c3C(=O)N2CC(OC)OC)c1. The lowest BCUT2D eigenvalue weighted by atomic mass is 9.95. The number of methoxy groups -OCH3 is 4. The molecule has 0 radical (unpaired) electrons. The van der Waals surface area contributed by atoms with Crippen molar-refractivity contribution < 1.29 is 23.7 Å². The van der Waals surface area contributed by atoms with Crippen molar-refractivity contribution in [3.8, 4) is 22.8 Å². The van der Waals surface area contributed by atoms with E-state index < -0.39 is 12.3 Å². The maximum absolute atomic E-state index is 13.5. The van der Waals surface area contributed by atoms with Gasteiger partial charge in [0.1, 0.15) is 17.2 Å². The summed E-state index contributed by atoms with van der Waals surface area (Å²) >= 11 is 0. The van der Waals surface area contributed by atoms with Crippen LogP contribution in [-0.4, -0.2) is 62.3 Å². The third-order valence-electron chi connectivity index (χ3n) is 5.79. The Labute approximate surface area is 187 Å². The number of nitrogens with zero attached hydrogens (tertiary/aromatic N) is 2. The number of hydrogen-bond acceptors (Lipinski definition) is 6. The molecule has 2 heterocycles. The second kappa shape index (κ2) is 9.02. The molecule has 0 aliphatic carbocycles. The smallest absolute Gasteiger partial charge is 0.273 e. The highest BCUT2D eigenvalue weighted by Crippen LogP contribution is 2.46. The number of aromatic nitrogens is 2. The summed E-state index contributed by atoms with van der Waals surface area (Å²) < 4.78 is 21.9. The number of nitrogens with one attached hydrogen (secondary N) is 1. The molecule has 32 heavy (non-hydrogen) atoms. The molecule has 168 valence electrons. The van der Waals surface area contributed by atoms with Gasteiger partial charge in [-0.1, -0.05) is 29.8 Å². The van der Waals surface area contributed by atoms with Crippen molar-refractivity contribution >= 4 is 5.91 Å². The minimum atomic E-state index is -0.585. The van der Waals surface area contributed by atoms with E-state index in [1.165, 1.54) is 0 Å². The van der Waals surface area contributed by atoms with Crippen LogP contribution in [0, 0.1) is 6.92 Å². The van der Waals surface area contributed by atoms with Crippen molar-refractivity contribution in [2.75, 3.05) is 35.0 Å². The summed E-state index contributed by atoms with van der Waals surface area (Å²) in [5.41, 5.74) is 4.81. The second-order valence-corrected chi connectivity index (χ2v) is 7.60. The van der Waals surface area contributed by atoms with Gasteiger partial charge in [0, 0.05) is 30.9 Å². The molecule has 0 fully saturated rings. The van der Waals surface area contributed by atoms with E-state index in [4.69, 9.17) is 18.9 Å². The van der Waals surface area contributed by atoms with Gasteiger partial charge < -0.3 is 23.8 Å². The van der Waals surface area contributed by atoms with E-state index in [0.717, 1.165) is 27.9 Å². The molecule has 0 bridgehead atoms. The van der Waals surface area contributed by atoms with Gasteiger partial charge in [-0.2, -0.15) is 5.10 Å². The average Bonchev–Trinajstić information content (AvgIpc) is 3.36. The first-order valence-corrected chi connectivity index (χ1v) is 10.3. The van der Waals surface area contributed by atoms with Crippen molar-refractivity contribution in [2.45, 2.75) is 19.3 Å². The Kier molecular flexibility index (Phi) is 6.16. The fourth-order valence-electron chi connectivity index (χ4n) is 4.10. The van der Waals surface area contributed by atoms with E-state index in [1.807, 2.05) is 49.4 Å². The third kappa shape index (κ3) is 3.72. The number of rotatable bonds is 8. The lowest BCUT2D eigenvalue weighted by molar-refractivity contribution is -0.113. The lowest BCUT2D eigenvalue weighted by Gasteiger charge is -2.30. The average molecular weight is 437 g/mol. The lowest BCUT2D eigenvalue weighted by Crippen LogP contribution is -2.38. The summed E-state index contributed by atoms with van der Waals surface area (Å²) in [5, 5.41) is 7.47. The van der Waals surface area contributed by atoms with Crippen LogP contribution in [0.3, 0.4) is 0 Å². The van der Waals surface area contributed by atoms with Crippen LogP contribution in [0.2, 0.25) is 0 Å². The van der Waals surface area contributed by atoms with Crippen LogP contribution >= 0.6 is 0 Å². The largest absolute Gasteiger partial charge is 0.497 e. The maximum Gasteiger partial charge on any atom is 0.273 e. The summed E-state index contributed by atoms with van der Waals surface area (Å²) in [6.45, 7) is 2.26. The quantitative estimate of drug-likeness (QED) is 0.543. The maximum atomic E-state index is 13.5. The molecule has 0 spiro atoms. The standard InChI is InChI=1S/C24H27N3O5/c1-14-6-8-15(9-7-14)21-20-22(26-25-21)24(28)27(13-19(31-4)32-5)23(20)17-12-16(29-2)10-11-18(17)30-3/h6-12,19,23H,13H2,1-5H3,(H,25,26). The highest BCUT2D eigenvalue weighted by Gasteiger charge is 2.44. The van der Waals surface area contributed by atoms with Gasteiger partial charge in [0.15, 0.2) is 6.29 Å². The van der Waals surface area contributed by atoms with Crippen LogP contribution in [0.1, 0.15) is 33.2 Å². The van der Waals surface area contributed by atoms with Crippen LogP contribution in [0.15, 0.2) is 42.5 Å². The first-order chi connectivity index (χ1) is 15.5. The Balaban J connectivity index is 1.91. The first kappa shape index (κ1) is 21.9. The van der Waals surface area contributed by atoms with E-state index in [2.05, 4.69) is 10.2 Å². The van der Waals surface area contributed by atoms with Gasteiger partial charge in [0.05, 0.1) is 32.5 Å². The first-order valence-electron chi connectivity index (χ1n) is 10.3. The van der Waals surface area contributed by atoms with Gasteiger partial charge >= 0.3 is 0 Å². The zero-order valence-electron chi connectivity index (χ0n) is 18.8. The molecule has 2 aromatic carbocycles. The Morgan fingerprint density at radius 1 is 1.03 bits per heavy atom. The molecule has 1 aliphatic heterocycles. The third-order valence-corrected chi connectivity index (χ3v) is 5.79. The molecule has 0 saturated carbocycles. The molecule has 1 atom stereocenters. The fourth-order valence-corrected chi connectivity index (χ4v) is 4.10. The zero-order chi connectivity index (χ0) is 22.8. The molecule has 4 rings (SSSR count). The summed E-state index contributed by atoms with van der Waals surface area (Å²) in [5.74, 6) is 1.13. The highest BCUT2D eigenvalue weighted by atomic mass is 16.7. The van der Waals surface area contributed by atoms with Gasteiger partial charge in [-0.15, -0.1) is 0 Å². The summed E-state index contributed by atoms with van der Waals surface area (Å²) in [4.78, 5) is 15.2.